The molecule has 1 aromatic carbocycles. The summed E-state index contributed by atoms with van der Waals surface area (Å²) in [7, 11) is 0. The zero-order valence-corrected chi connectivity index (χ0v) is 13.4. The predicted molar refractivity (Wildman–Crippen MR) is 87.3 cm³/mol. The van der Waals surface area contributed by atoms with E-state index in [0.29, 0.717) is 18.0 Å². The molecule has 1 rings (SSSR count). The minimum atomic E-state index is 0.171. The van der Waals surface area contributed by atoms with Gasteiger partial charge >= 0.3 is 0 Å². The zero-order chi connectivity index (χ0) is 15.7. The lowest BCUT2D eigenvalue weighted by Crippen LogP contribution is -2.32. The highest BCUT2D eigenvalue weighted by molar-refractivity contribution is 5.61. The Bertz CT molecular complexity index is 466. The quantitative estimate of drug-likeness (QED) is 0.686. The molecule has 0 radical (unpaired) electrons. The molecular weight excluding hydrogens is 262 g/mol. The van der Waals surface area contributed by atoms with Crippen molar-refractivity contribution >= 4 is 5.69 Å². The van der Waals surface area contributed by atoms with Crippen LogP contribution in [0.25, 0.3) is 0 Å². The number of nitrogens with one attached hydrogen (secondary N) is 1. The number of aliphatic hydroxyl groups excluding tert-OH is 1. The van der Waals surface area contributed by atoms with Gasteiger partial charge in [-0.2, -0.15) is 5.26 Å². The molecule has 0 amide bonds. The maximum atomic E-state index is 9.42. The summed E-state index contributed by atoms with van der Waals surface area (Å²) in [5.74, 6) is 0. The predicted octanol–water partition coefficient (Wildman–Crippen LogP) is 2.66. The van der Waals surface area contributed by atoms with E-state index in [1.54, 1.807) is 0 Å². The van der Waals surface area contributed by atoms with Crippen LogP contribution < -0.4 is 10.2 Å². The van der Waals surface area contributed by atoms with E-state index in [1.807, 2.05) is 12.1 Å². The molecule has 0 aliphatic carbocycles. The van der Waals surface area contributed by atoms with Gasteiger partial charge in [0.1, 0.15) is 6.07 Å². The Hall–Kier alpha value is -1.57. The molecule has 116 valence electrons. The lowest BCUT2D eigenvalue weighted by molar-refractivity contribution is 0.288. The first-order valence-corrected chi connectivity index (χ1v) is 7.75. The van der Waals surface area contributed by atoms with E-state index in [0.717, 1.165) is 37.3 Å². The molecule has 0 unspecified atom stereocenters. The third-order valence-corrected chi connectivity index (χ3v) is 3.43. The van der Waals surface area contributed by atoms with E-state index in [-0.39, 0.29) is 6.61 Å². The van der Waals surface area contributed by atoms with E-state index in [9.17, 15) is 5.26 Å². The number of benzene rings is 1. The molecule has 0 bridgehead atoms. The number of aliphatic hydroxyl groups is 1. The van der Waals surface area contributed by atoms with Gasteiger partial charge in [0.15, 0.2) is 0 Å². The number of hydrogen-bond donors (Lipinski definition) is 2. The van der Waals surface area contributed by atoms with Gasteiger partial charge in [-0.25, -0.2) is 0 Å². The maximum absolute atomic E-state index is 9.42. The van der Waals surface area contributed by atoms with E-state index in [1.165, 1.54) is 0 Å². The summed E-state index contributed by atoms with van der Waals surface area (Å²) < 4.78 is 0. The summed E-state index contributed by atoms with van der Waals surface area (Å²) in [6.07, 6.45) is 1.81. The average Bonchev–Trinajstić information content (AvgIpc) is 2.48. The van der Waals surface area contributed by atoms with Gasteiger partial charge in [0.2, 0.25) is 0 Å². The van der Waals surface area contributed by atoms with Crippen LogP contribution >= 0.6 is 0 Å². The van der Waals surface area contributed by atoms with E-state index < -0.39 is 0 Å². The Kier molecular flexibility index (Phi) is 7.81. The van der Waals surface area contributed by atoms with Gasteiger partial charge in [-0.05, 0) is 50.9 Å². The van der Waals surface area contributed by atoms with Crippen molar-refractivity contribution in [1.82, 2.24) is 5.32 Å². The fourth-order valence-corrected chi connectivity index (χ4v) is 2.34. The van der Waals surface area contributed by atoms with Gasteiger partial charge in [-0.1, -0.05) is 13.0 Å². The first kappa shape index (κ1) is 17.5. The van der Waals surface area contributed by atoms with Crippen molar-refractivity contribution in [3.05, 3.63) is 29.3 Å². The number of anilines is 1. The van der Waals surface area contributed by atoms with E-state index in [2.05, 4.69) is 43.1 Å². The summed E-state index contributed by atoms with van der Waals surface area (Å²) in [6.45, 7) is 9.06. The smallest absolute Gasteiger partial charge is 0.101 e. The van der Waals surface area contributed by atoms with Crippen LogP contribution in [0.3, 0.4) is 0 Å². The summed E-state index contributed by atoms with van der Waals surface area (Å²) >= 11 is 0. The standard InChI is InChI=1S/C17H27N3O/c1-4-8-19-13-15-6-7-17(16(11-15)12-18)20(14(2)3)9-5-10-21/h6-7,11,14,19,21H,4-5,8-10,13H2,1-3H3. The normalized spacial score (nSPS) is 10.7. The van der Waals surface area contributed by atoms with Crippen LogP contribution in [-0.2, 0) is 6.54 Å². The van der Waals surface area contributed by atoms with Crippen molar-refractivity contribution in [2.45, 2.75) is 46.2 Å². The van der Waals surface area contributed by atoms with Crippen LogP contribution in [0.4, 0.5) is 5.69 Å². The second-order valence-corrected chi connectivity index (χ2v) is 5.50. The zero-order valence-electron chi connectivity index (χ0n) is 13.4. The second-order valence-electron chi connectivity index (χ2n) is 5.50. The minimum Gasteiger partial charge on any atom is -0.396 e. The Labute approximate surface area is 128 Å². The fourth-order valence-electron chi connectivity index (χ4n) is 2.34. The van der Waals surface area contributed by atoms with Crippen molar-refractivity contribution in [2.75, 3.05) is 24.6 Å². The molecule has 0 spiro atoms. The second kappa shape index (κ2) is 9.38. The number of hydrogen-bond acceptors (Lipinski definition) is 4. The summed E-state index contributed by atoms with van der Waals surface area (Å²) in [4.78, 5) is 2.18. The molecule has 1 aromatic rings. The highest BCUT2D eigenvalue weighted by atomic mass is 16.3. The Balaban J connectivity index is 2.92. The monoisotopic (exact) mass is 289 g/mol. The number of nitrogens with zero attached hydrogens (tertiary/aromatic N) is 2. The van der Waals surface area contributed by atoms with Crippen molar-refractivity contribution in [1.29, 1.82) is 5.26 Å². The van der Waals surface area contributed by atoms with Crippen LogP contribution in [0.1, 0.15) is 44.7 Å². The van der Waals surface area contributed by atoms with Gasteiger partial charge in [-0.3, -0.25) is 0 Å². The molecule has 0 aliphatic heterocycles. The summed E-state index contributed by atoms with van der Waals surface area (Å²) in [6, 6.07) is 8.67. The SMILES string of the molecule is CCCNCc1ccc(N(CCCO)C(C)C)c(C#N)c1. The lowest BCUT2D eigenvalue weighted by Gasteiger charge is -2.30. The third kappa shape index (κ3) is 5.37. The van der Waals surface area contributed by atoms with Crippen LogP contribution in [0.15, 0.2) is 18.2 Å². The van der Waals surface area contributed by atoms with E-state index in [4.69, 9.17) is 5.11 Å². The maximum Gasteiger partial charge on any atom is 0.101 e. The van der Waals surface area contributed by atoms with E-state index >= 15 is 0 Å². The highest BCUT2D eigenvalue weighted by Gasteiger charge is 2.14. The van der Waals surface area contributed by atoms with Crippen molar-refractivity contribution in [3.63, 3.8) is 0 Å². The molecule has 4 nitrogen and oxygen atoms in total. The molecule has 0 saturated carbocycles. The largest absolute Gasteiger partial charge is 0.396 e. The van der Waals surface area contributed by atoms with Gasteiger partial charge in [0.25, 0.3) is 0 Å². The topological polar surface area (TPSA) is 59.3 Å². The molecule has 21 heavy (non-hydrogen) atoms. The molecule has 0 aliphatic rings. The molecular formula is C17H27N3O. The van der Waals surface area contributed by atoms with Crippen LogP contribution in [0.2, 0.25) is 0 Å². The summed E-state index contributed by atoms with van der Waals surface area (Å²) in [5.41, 5.74) is 2.80. The van der Waals surface area contributed by atoms with Gasteiger partial charge < -0.3 is 15.3 Å². The van der Waals surface area contributed by atoms with Crippen LogP contribution in [0, 0.1) is 11.3 Å². The first-order valence-electron chi connectivity index (χ1n) is 7.75. The van der Waals surface area contributed by atoms with Crippen LogP contribution in [0.5, 0.6) is 0 Å². The molecule has 4 heteroatoms. The Morgan fingerprint density at radius 1 is 1.38 bits per heavy atom. The van der Waals surface area contributed by atoms with Crippen LogP contribution in [-0.4, -0.2) is 30.8 Å². The molecule has 0 aromatic heterocycles. The van der Waals surface area contributed by atoms with Gasteiger partial charge in [0.05, 0.1) is 11.3 Å². The lowest BCUT2D eigenvalue weighted by atomic mass is 10.1. The molecule has 0 atom stereocenters. The molecule has 2 N–H and O–H groups in total. The number of nitriles is 1. The average molecular weight is 289 g/mol. The molecule has 0 heterocycles. The third-order valence-electron chi connectivity index (χ3n) is 3.43. The Morgan fingerprint density at radius 3 is 2.71 bits per heavy atom. The van der Waals surface area contributed by atoms with Gasteiger partial charge in [-0.15, -0.1) is 0 Å². The molecule has 0 fully saturated rings. The highest BCUT2D eigenvalue weighted by Crippen LogP contribution is 2.24. The van der Waals surface area contributed by atoms with Crippen molar-refractivity contribution < 1.29 is 5.11 Å². The first-order chi connectivity index (χ1) is 10.1. The minimum absolute atomic E-state index is 0.171. The number of rotatable bonds is 9. The summed E-state index contributed by atoms with van der Waals surface area (Å²) in [5, 5.41) is 21.8. The van der Waals surface area contributed by atoms with Gasteiger partial charge in [0, 0.05) is 25.7 Å². The van der Waals surface area contributed by atoms with Crippen molar-refractivity contribution in [3.8, 4) is 6.07 Å². The van der Waals surface area contributed by atoms with Crippen molar-refractivity contribution in [2.24, 2.45) is 0 Å². The molecule has 0 saturated heterocycles. The Morgan fingerprint density at radius 2 is 2.14 bits per heavy atom. The fraction of sp³-hybridized carbons (Fsp3) is 0.588.